The minimum absolute atomic E-state index is 0.0669. The lowest BCUT2D eigenvalue weighted by molar-refractivity contribution is -0.115. The average Bonchev–Trinajstić information content (AvgIpc) is 3.26. The number of carbonyl (C=O) groups excluding carboxylic acids is 2. The molecule has 2 aromatic heterocycles. The van der Waals surface area contributed by atoms with Crippen molar-refractivity contribution in [1.29, 1.82) is 0 Å². The molecule has 5 rings (SSSR count). The van der Waals surface area contributed by atoms with Crippen LogP contribution in [-0.2, 0) is 24.1 Å². The second-order valence-electron chi connectivity index (χ2n) is 9.87. The van der Waals surface area contributed by atoms with E-state index in [2.05, 4.69) is 27.7 Å². The standard InChI is InChI=1S/C29H32N2O3/c32-26(22-16-25-24(28(34)17-22)10-5-11-27(25)33)14-13-23-19-31-18-21(12-15-29(31)30-23)9-4-8-20-6-2-1-3-7-20/h5,10-12,15,17-20,33H,1-4,6-9,13-14,16H2. The van der Waals surface area contributed by atoms with E-state index < -0.39 is 0 Å². The Morgan fingerprint density at radius 2 is 1.91 bits per heavy atom. The number of aromatic nitrogens is 2. The zero-order valence-corrected chi connectivity index (χ0v) is 19.6. The summed E-state index contributed by atoms with van der Waals surface area (Å²) in [6, 6.07) is 9.12. The monoisotopic (exact) mass is 456 g/mol. The molecule has 2 aliphatic rings. The second kappa shape index (κ2) is 9.96. The fourth-order valence-corrected chi connectivity index (χ4v) is 5.48. The highest BCUT2D eigenvalue weighted by Crippen LogP contribution is 2.30. The van der Waals surface area contributed by atoms with Gasteiger partial charge in [0.1, 0.15) is 11.4 Å². The van der Waals surface area contributed by atoms with Crippen LogP contribution < -0.4 is 0 Å². The van der Waals surface area contributed by atoms with Crippen LogP contribution in [0.1, 0.15) is 78.5 Å². The van der Waals surface area contributed by atoms with Gasteiger partial charge in [0.2, 0.25) is 0 Å². The first-order chi connectivity index (χ1) is 16.6. The van der Waals surface area contributed by atoms with Gasteiger partial charge in [-0.05, 0) is 49.0 Å². The number of imidazole rings is 1. The Bertz CT molecular complexity index is 1250. The third-order valence-corrected chi connectivity index (χ3v) is 7.42. The van der Waals surface area contributed by atoms with Gasteiger partial charge in [0.25, 0.3) is 0 Å². The number of phenols is 1. The minimum atomic E-state index is -0.218. The van der Waals surface area contributed by atoms with Gasteiger partial charge in [-0.1, -0.05) is 56.7 Å². The lowest BCUT2D eigenvalue weighted by atomic mass is 9.85. The van der Waals surface area contributed by atoms with E-state index in [0.717, 1.165) is 23.7 Å². The number of allylic oxidation sites excluding steroid dienone is 2. The molecule has 5 heteroatoms. The summed E-state index contributed by atoms with van der Waals surface area (Å²) < 4.78 is 2.06. The Labute approximate surface area is 200 Å². The number of nitrogens with zero attached hydrogens (tertiary/aromatic N) is 2. The normalized spacial score (nSPS) is 16.5. The molecule has 5 nitrogen and oxygen atoms in total. The van der Waals surface area contributed by atoms with Crippen molar-refractivity contribution < 1.29 is 14.7 Å². The van der Waals surface area contributed by atoms with Crippen LogP contribution in [0, 0.1) is 5.92 Å². The largest absolute Gasteiger partial charge is 0.508 e. The first-order valence-electron chi connectivity index (χ1n) is 12.6. The van der Waals surface area contributed by atoms with Crippen molar-refractivity contribution in [3.63, 3.8) is 0 Å². The summed E-state index contributed by atoms with van der Waals surface area (Å²) in [5.74, 6) is 0.702. The molecule has 1 N–H and O–H groups in total. The molecule has 0 amide bonds. The molecule has 0 radical (unpaired) electrons. The predicted octanol–water partition coefficient (Wildman–Crippen LogP) is 5.81. The molecule has 0 bridgehead atoms. The quantitative estimate of drug-likeness (QED) is 0.464. The van der Waals surface area contributed by atoms with Gasteiger partial charge in [-0.15, -0.1) is 0 Å². The molecule has 176 valence electrons. The van der Waals surface area contributed by atoms with Crippen LogP contribution in [0.3, 0.4) is 0 Å². The molecule has 1 aromatic carbocycles. The summed E-state index contributed by atoms with van der Waals surface area (Å²) >= 11 is 0. The van der Waals surface area contributed by atoms with Crippen LogP contribution >= 0.6 is 0 Å². The Hall–Kier alpha value is -3.21. The SMILES string of the molecule is O=C(CCc1cn2cc(CCCC3CCCCC3)ccc2n1)C1=CC(=O)c2cccc(O)c2C1. The number of ketones is 2. The summed E-state index contributed by atoms with van der Waals surface area (Å²) in [5.41, 5.74) is 4.58. The smallest absolute Gasteiger partial charge is 0.186 e. The number of hydrogen-bond donors (Lipinski definition) is 1. The summed E-state index contributed by atoms with van der Waals surface area (Å²) in [5, 5.41) is 10.1. The van der Waals surface area contributed by atoms with E-state index in [1.807, 2.05) is 6.20 Å². The highest BCUT2D eigenvalue weighted by Gasteiger charge is 2.24. The predicted molar refractivity (Wildman–Crippen MR) is 132 cm³/mol. The number of benzene rings is 1. The van der Waals surface area contributed by atoms with E-state index in [1.165, 1.54) is 56.6 Å². The van der Waals surface area contributed by atoms with Crippen LogP contribution in [0.2, 0.25) is 0 Å². The van der Waals surface area contributed by atoms with Gasteiger partial charge >= 0.3 is 0 Å². The van der Waals surface area contributed by atoms with Gasteiger partial charge in [-0.25, -0.2) is 4.98 Å². The van der Waals surface area contributed by atoms with Gasteiger partial charge in [-0.3, -0.25) is 9.59 Å². The Kier molecular flexibility index (Phi) is 6.61. The topological polar surface area (TPSA) is 71.7 Å². The van der Waals surface area contributed by atoms with Crippen molar-refractivity contribution in [1.82, 2.24) is 9.38 Å². The number of aromatic hydroxyl groups is 1. The van der Waals surface area contributed by atoms with E-state index in [-0.39, 0.29) is 17.3 Å². The first kappa shape index (κ1) is 22.6. The summed E-state index contributed by atoms with van der Waals surface area (Å²) in [7, 11) is 0. The lowest BCUT2D eigenvalue weighted by Crippen LogP contribution is -2.16. The van der Waals surface area contributed by atoms with Crippen LogP contribution in [0.25, 0.3) is 5.65 Å². The zero-order valence-electron chi connectivity index (χ0n) is 19.6. The van der Waals surface area contributed by atoms with Gasteiger partial charge in [0.05, 0.1) is 5.69 Å². The van der Waals surface area contributed by atoms with E-state index in [0.29, 0.717) is 36.0 Å². The summed E-state index contributed by atoms with van der Waals surface area (Å²) in [4.78, 5) is 29.9. The average molecular weight is 457 g/mol. The van der Waals surface area contributed by atoms with Gasteiger partial charge in [0.15, 0.2) is 11.6 Å². The van der Waals surface area contributed by atoms with Crippen molar-refractivity contribution >= 4 is 17.2 Å². The van der Waals surface area contributed by atoms with Crippen LogP contribution in [-0.4, -0.2) is 26.1 Å². The second-order valence-corrected chi connectivity index (χ2v) is 9.87. The molecule has 1 saturated carbocycles. The molecular weight excluding hydrogens is 424 g/mol. The maximum absolute atomic E-state index is 12.8. The lowest BCUT2D eigenvalue weighted by Gasteiger charge is -2.21. The van der Waals surface area contributed by atoms with Crippen LogP contribution in [0.15, 0.2) is 54.4 Å². The number of fused-ring (bicyclic) bond motifs is 2. The van der Waals surface area contributed by atoms with Gasteiger partial charge in [-0.2, -0.15) is 0 Å². The van der Waals surface area contributed by atoms with Crippen molar-refractivity contribution in [2.24, 2.45) is 5.92 Å². The number of rotatable bonds is 8. The maximum atomic E-state index is 12.8. The molecule has 3 aromatic rings. The molecule has 1 fully saturated rings. The molecule has 2 aliphatic carbocycles. The van der Waals surface area contributed by atoms with Crippen LogP contribution in [0.5, 0.6) is 5.75 Å². The van der Waals surface area contributed by atoms with Crippen molar-refractivity contribution in [3.05, 3.63) is 76.8 Å². The molecule has 0 atom stereocenters. The number of Topliss-reactive ketones (excluding diaryl/α,β-unsaturated/α-hetero) is 1. The third-order valence-electron chi connectivity index (χ3n) is 7.42. The molecule has 34 heavy (non-hydrogen) atoms. The highest BCUT2D eigenvalue weighted by molar-refractivity contribution is 6.13. The molecule has 0 saturated heterocycles. The molecule has 2 heterocycles. The number of pyridine rings is 1. The molecule has 0 aliphatic heterocycles. The van der Waals surface area contributed by atoms with Crippen LogP contribution in [0.4, 0.5) is 0 Å². The third kappa shape index (κ3) is 4.98. The molecule has 0 spiro atoms. The zero-order chi connectivity index (χ0) is 23.5. The van der Waals surface area contributed by atoms with E-state index in [9.17, 15) is 14.7 Å². The molecular formula is C29H32N2O3. The summed E-state index contributed by atoms with van der Waals surface area (Å²) in [6.45, 7) is 0. The number of phenolic OH excluding ortho intramolecular Hbond substituents is 1. The maximum Gasteiger partial charge on any atom is 0.186 e. The first-order valence-corrected chi connectivity index (χ1v) is 12.6. The van der Waals surface area contributed by atoms with Crippen molar-refractivity contribution in [3.8, 4) is 5.75 Å². The number of aryl methyl sites for hydroxylation is 2. The van der Waals surface area contributed by atoms with Gasteiger partial charge in [0, 0.05) is 41.9 Å². The number of hydrogen-bond acceptors (Lipinski definition) is 4. The van der Waals surface area contributed by atoms with E-state index in [4.69, 9.17) is 0 Å². The van der Waals surface area contributed by atoms with Crippen molar-refractivity contribution in [2.45, 2.75) is 70.6 Å². The molecule has 0 unspecified atom stereocenters. The Morgan fingerprint density at radius 1 is 1.06 bits per heavy atom. The Balaban J connectivity index is 1.18. The number of carbonyl (C=O) groups is 2. The highest BCUT2D eigenvalue weighted by atomic mass is 16.3. The van der Waals surface area contributed by atoms with E-state index in [1.54, 1.807) is 18.2 Å². The van der Waals surface area contributed by atoms with Gasteiger partial charge < -0.3 is 9.51 Å². The van der Waals surface area contributed by atoms with E-state index >= 15 is 0 Å². The van der Waals surface area contributed by atoms with Crippen molar-refractivity contribution in [2.75, 3.05) is 0 Å². The minimum Gasteiger partial charge on any atom is -0.508 e. The fourth-order valence-electron chi connectivity index (χ4n) is 5.48. The fraction of sp³-hybridized carbons (Fsp3) is 0.414. The Morgan fingerprint density at radius 3 is 2.76 bits per heavy atom. The summed E-state index contributed by atoms with van der Waals surface area (Å²) in [6.07, 6.45) is 17.4.